The number of nitrogens with one attached hydrogen (secondary N) is 2. The van der Waals surface area contributed by atoms with Crippen LogP contribution in [0.3, 0.4) is 0 Å². The third-order valence-electron chi connectivity index (χ3n) is 5.11. The Labute approximate surface area is 200 Å². The van der Waals surface area contributed by atoms with Crippen molar-refractivity contribution in [2.45, 2.75) is 19.0 Å². The first-order valence-electron chi connectivity index (χ1n) is 10.4. The summed E-state index contributed by atoms with van der Waals surface area (Å²) in [4.78, 5) is 44.1. The van der Waals surface area contributed by atoms with Crippen molar-refractivity contribution in [2.75, 3.05) is 5.32 Å². The second-order valence-corrected chi connectivity index (χ2v) is 7.86. The van der Waals surface area contributed by atoms with E-state index in [9.17, 15) is 18.8 Å². The summed E-state index contributed by atoms with van der Waals surface area (Å²) in [5.74, 6) is -1.92. The zero-order valence-electron chi connectivity index (χ0n) is 17.8. The Morgan fingerprint density at radius 3 is 2.38 bits per heavy atom. The van der Waals surface area contributed by atoms with E-state index in [0.29, 0.717) is 5.69 Å². The number of aromatic nitrogens is 1. The van der Waals surface area contributed by atoms with Crippen LogP contribution in [-0.2, 0) is 16.1 Å². The maximum absolute atomic E-state index is 13.3. The summed E-state index contributed by atoms with van der Waals surface area (Å²) < 4.78 is 13.2. The molecule has 1 aliphatic heterocycles. The summed E-state index contributed by atoms with van der Waals surface area (Å²) in [6, 6.07) is 18.3. The van der Waals surface area contributed by atoms with Gasteiger partial charge in [-0.3, -0.25) is 29.7 Å². The summed E-state index contributed by atoms with van der Waals surface area (Å²) >= 11 is 5.50. The van der Waals surface area contributed by atoms with Gasteiger partial charge >= 0.3 is 0 Å². The van der Waals surface area contributed by atoms with Crippen LogP contribution in [0, 0.1) is 5.82 Å². The summed E-state index contributed by atoms with van der Waals surface area (Å²) in [6.45, 7) is 0.185. The van der Waals surface area contributed by atoms with Gasteiger partial charge in [0.1, 0.15) is 17.6 Å². The minimum Gasteiger partial charge on any atom is -0.326 e. The molecule has 4 rings (SSSR count). The molecule has 1 aromatic heterocycles. The third-order valence-corrected chi connectivity index (χ3v) is 5.53. The van der Waals surface area contributed by atoms with E-state index in [2.05, 4.69) is 15.7 Å². The minimum atomic E-state index is -1.07. The van der Waals surface area contributed by atoms with Gasteiger partial charge < -0.3 is 5.32 Å². The molecule has 1 atom stereocenters. The van der Waals surface area contributed by atoms with Crippen LogP contribution < -0.4 is 10.7 Å². The quantitative estimate of drug-likeness (QED) is 0.509. The number of hydrogen-bond donors (Lipinski definition) is 2. The Morgan fingerprint density at radius 2 is 1.71 bits per heavy atom. The average molecular weight is 478 g/mol. The van der Waals surface area contributed by atoms with Crippen LogP contribution in [0.1, 0.15) is 22.5 Å². The molecule has 0 saturated carbocycles. The molecule has 10 heteroatoms. The molecular formula is C24H20FN5O3S. The number of thiocarbonyl (C=S) groups is 1. The molecule has 1 aliphatic rings. The van der Waals surface area contributed by atoms with Crippen molar-refractivity contribution in [2.24, 2.45) is 0 Å². The van der Waals surface area contributed by atoms with Crippen molar-refractivity contribution in [3.05, 3.63) is 96.1 Å². The Morgan fingerprint density at radius 1 is 1.00 bits per heavy atom. The predicted molar refractivity (Wildman–Crippen MR) is 127 cm³/mol. The van der Waals surface area contributed by atoms with Gasteiger partial charge in [-0.1, -0.05) is 36.4 Å². The number of benzene rings is 2. The highest BCUT2D eigenvalue weighted by atomic mass is 32.1. The van der Waals surface area contributed by atoms with Crippen LogP contribution in [0.25, 0.3) is 0 Å². The zero-order chi connectivity index (χ0) is 24.1. The lowest BCUT2D eigenvalue weighted by molar-refractivity contribution is -0.131. The van der Waals surface area contributed by atoms with E-state index >= 15 is 0 Å². The number of rotatable bonds is 7. The van der Waals surface area contributed by atoms with E-state index < -0.39 is 29.6 Å². The van der Waals surface area contributed by atoms with E-state index in [0.717, 1.165) is 5.56 Å². The van der Waals surface area contributed by atoms with E-state index in [4.69, 9.17) is 12.2 Å². The van der Waals surface area contributed by atoms with Crippen LogP contribution in [0.5, 0.6) is 0 Å². The molecule has 2 heterocycles. The molecule has 8 nitrogen and oxygen atoms in total. The average Bonchev–Trinajstić information content (AvgIpc) is 3.06. The van der Waals surface area contributed by atoms with Crippen LogP contribution in [0.15, 0.2) is 79.0 Å². The molecule has 0 spiro atoms. The van der Waals surface area contributed by atoms with Gasteiger partial charge in [-0.25, -0.2) is 9.40 Å². The fourth-order valence-electron chi connectivity index (χ4n) is 3.45. The number of halogens is 1. The number of anilines is 1. The maximum Gasteiger partial charge on any atom is 0.288 e. The Hall–Kier alpha value is -4.18. The first kappa shape index (κ1) is 23.0. The molecule has 1 unspecified atom stereocenters. The van der Waals surface area contributed by atoms with Gasteiger partial charge in [0.25, 0.3) is 11.8 Å². The fraction of sp³-hybridized carbons (Fsp3) is 0.125. The lowest BCUT2D eigenvalue weighted by Gasteiger charge is -2.24. The number of carbonyl (C=O) groups is 3. The second-order valence-electron chi connectivity index (χ2n) is 7.49. The predicted octanol–water partition coefficient (Wildman–Crippen LogP) is 2.89. The van der Waals surface area contributed by atoms with Crippen molar-refractivity contribution in [3.63, 3.8) is 0 Å². The summed E-state index contributed by atoms with van der Waals surface area (Å²) in [5, 5.41) is 3.92. The molecule has 0 aliphatic carbocycles. The summed E-state index contributed by atoms with van der Waals surface area (Å²) in [7, 11) is 0. The van der Waals surface area contributed by atoms with Gasteiger partial charge in [0, 0.05) is 11.9 Å². The van der Waals surface area contributed by atoms with E-state index in [1.54, 1.807) is 12.1 Å². The number of hydrazine groups is 1. The Balaban J connectivity index is 1.55. The first-order chi connectivity index (χ1) is 16.4. The smallest absolute Gasteiger partial charge is 0.288 e. The third kappa shape index (κ3) is 5.24. The SMILES string of the molecule is O=C(CC1C(=O)N(Cc2ccccc2)C(=S)N1NC(=O)c1ccccn1)Nc1ccc(F)cc1. The van der Waals surface area contributed by atoms with Crippen LogP contribution in [0.2, 0.25) is 0 Å². The number of hydrogen-bond acceptors (Lipinski definition) is 5. The van der Waals surface area contributed by atoms with Gasteiger partial charge in [0.05, 0.1) is 13.0 Å². The lowest BCUT2D eigenvalue weighted by atomic mass is 10.1. The fourth-order valence-corrected chi connectivity index (χ4v) is 3.78. The van der Waals surface area contributed by atoms with Gasteiger partial charge in [-0.15, -0.1) is 0 Å². The van der Waals surface area contributed by atoms with Gasteiger partial charge in [-0.05, 0) is 54.2 Å². The van der Waals surface area contributed by atoms with E-state index in [-0.39, 0.29) is 23.8 Å². The number of pyridine rings is 1. The molecule has 2 aromatic carbocycles. The first-order valence-corrected chi connectivity index (χ1v) is 10.8. The van der Waals surface area contributed by atoms with Crippen molar-refractivity contribution in [1.29, 1.82) is 0 Å². The molecule has 0 bridgehead atoms. The molecule has 1 fully saturated rings. The normalized spacial score (nSPS) is 15.4. The van der Waals surface area contributed by atoms with Crippen molar-refractivity contribution < 1.29 is 18.8 Å². The standard InChI is InChI=1S/C24H20FN5O3S/c25-17-9-11-18(12-10-17)27-21(31)14-20-23(33)29(15-16-6-2-1-3-7-16)24(34)30(20)28-22(32)19-8-4-5-13-26-19/h1-13,20H,14-15H2,(H,27,31)(H,28,32). The maximum atomic E-state index is 13.3. The highest BCUT2D eigenvalue weighted by Crippen LogP contribution is 2.22. The molecule has 2 N–H and O–H groups in total. The molecule has 3 amide bonds. The topological polar surface area (TPSA) is 94.6 Å². The highest BCUT2D eigenvalue weighted by Gasteiger charge is 2.44. The van der Waals surface area contributed by atoms with Crippen molar-refractivity contribution >= 4 is 40.7 Å². The number of carbonyl (C=O) groups excluding carboxylic acids is 3. The summed E-state index contributed by atoms with van der Waals surface area (Å²) in [6.07, 6.45) is 1.18. The minimum absolute atomic E-state index is 0.0673. The monoisotopic (exact) mass is 477 g/mol. The molecule has 3 aromatic rings. The molecule has 0 radical (unpaired) electrons. The van der Waals surface area contributed by atoms with Gasteiger partial charge in [0.2, 0.25) is 5.91 Å². The van der Waals surface area contributed by atoms with Gasteiger partial charge in [-0.2, -0.15) is 0 Å². The molecule has 1 saturated heterocycles. The Bertz CT molecular complexity index is 1210. The van der Waals surface area contributed by atoms with Crippen molar-refractivity contribution in [1.82, 2.24) is 20.3 Å². The van der Waals surface area contributed by atoms with Crippen LogP contribution in [0.4, 0.5) is 10.1 Å². The lowest BCUT2D eigenvalue weighted by Crippen LogP contribution is -2.49. The van der Waals surface area contributed by atoms with Crippen molar-refractivity contribution in [3.8, 4) is 0 Å². The van der Waals surface area contributed by atoms with E-state index in [1.807, 2.05) is 30.3 Å². The van der Waals surface area contributed by atoms with Gasteiger partial charge in [0.15, 0.2) is 5.11 Å². The number of amides is 3. The molecule has 172 valence electrons. The molecule has 34 heavy (non-hydrogen) atoms. The Kier molecular flexibility index (Phi) is 6.88. The van der Waals surface area contributed by atoms with Crippen LogP contribution >= 0.6 is 12.2 Å². The number of nitrogens with zero attached hydrogens (tertiary/aromatic N) is 3. The van der Waals surface area contributed by atoms with Crippen LogP contribution in [-0.4, -0.2) is 43.8 Å². The second kappa shape index (κ2) is 10.2. The highest BCUT2D eigenvalue weighted by molar-refractivity contribution is 7.80. The largest absolute Gasteiger partial charge is 0.326 e. The summed E-state index contributed by atoms with van der Waals surface area (Å²) in [5.41, 5.74) is 3.97. The molecular weight excluding hydrogens is 457 g/mol. The zero-order valence-corrected chi connectivity index (χ0v) is 18.7. The van der Waals surface area contributed by atoms with E-state index in [1.165, 1.54) is 46.4 Å².